The summed E-state index contributed by atoms with van der Waals surface area (Å²) in [6.07, 6.45) is 0.701. The molecule has 1 aliphatic rings. The van der Waals surface area contributed by atoms with Gasteiger partial charge in [0.25, 0.3) is 0 Å². The van der Waals surface area contributed by atoms with Gasteiger partial charge >= 0.3 is 0 Å². The molecule has 0 spiro atoms. The van der Waals surface area contributed by atoms with Gasteiger partial charge in [0, 0.05) is 15.5 Å². The number of hydrogen-bond donors (Lipinski definition) is 1. The largest absolute Gasteiger partial charge is 0.380 e. The minimum absolute atomic E-state index is 0.220. The van der Waals surface area contributed by atoms with E-state index < -0.39 is 5.60 Å². The van der Waals surface area contributed by atoms with Crippen molar-refractivity contribution in [2.75, 3.05) is 0 Å². The van der Waals surface area contributed by atoms with E-state index >= 15 is 0 Å². The molecule has 0 fully saturated rings. The highest BCUT2D eigenvalue weighted by Crippen LogP contribution is 2.56. The van der Waals surface area contributed by atoms with Gasteiger partial charge in [0.05, 0.1) is 0 Å². The molecule has 1 aromatic heterocycles. The molecule has 4 aromatic rings. The number of aliphatic hydroxyl groups is 1. The zero-order valence-corrected chi connectivity index (χ0v) is 14.5. The summed E-state index contributed by atoms with van der Waals surface area (Å²) in [5.74, 6) is 0.220. The Kier molecular flexibility index (Phi) is 3.30. The second-order valence-electron chi connectivity index (χ2n) is 6.73. The average molecular weight is 342 g/mol. The molecule has 0 radical (unpaired) electrons. The lowest BCUT2D eigenvalue weighted by atomic mass is 9.87. The third-order valence-corrected chi connectivity index (χ3v) is 6.65. The summed E-state index contributed by atoms with van der Waals surface area (Å²) in [5.41, 5.74) is 2.65. The molecule has 0 saturated carbocycles. The van der Waals surface area contributed by atoms with Crippen molar-refractivity contribution in [2.24, 2.45) is 0 Å². The monoisotopic (exact) mass is 342 g/mol. The van der Waals surface area contributed by atoms with E-state index in [1.807, 2.05) is 30.3 Å². The predicted octanol–water partition coefficient (Wildman–Crippen LogP) is 5.67. The molecule has 2 heteroatoms. The molecule has 2 atom stereocenters. The fraction of sp³-hybridized carbons (Fsp3) is 0.130. The van der Waals surface area contributed by atoms with Gasteiger partial charge in [-0.25, -0.2) is 0 Å². The first kappa shape index (κ1) is 14.9. The van der Waals surface area contributed by atoms with Crippen LogP contribution in [0.1, 0.15) is 33.9 Å². The van der Waals surface area contributed by atoms with Crippen molar-refractivity contribution < 1.29 is 5.11 Å². The first-order chi connectivity index (χ1) is 12.3. The van der Waals surface area contributed by atoms with E-state index in [2.05, 4.69) is 54.6 Å². The van der Waals surface area contributed by atoms with E-state index in [0.717, 1.165) is 10.4 Å². The van der Waals surface area contributed by atoms with Crippen LogP contribution in [0.5, 0.6) is 0 Å². The number of thiophene rings is 1. The molecule has 1 aliphatic carbocycles. The highest BCUT2D eigenvalue weighted by Gasteiger charge is 2.46. The van der Waals surface area contributed by atoms with Crippen LogP contribution in [0.4, 0.5) is 0 Å². The SMILES string of the molecule is OC1(c2ccccc2)CC(c2ccccc2)c2c1sc1ccccc21. The molecule has 122 valence electrons. The third kappa shape index (κ3) is 2.18. The van der Waals surface area contributed by atoms with Gasteiger partial charge in [-0.3, -0.25) is 0 Å². The van der Waals surface area contributed by atoms with E-state index in [0.29, 0.717) is 6.42 Å². The van der Waals surface area contributed by atoms with Gasteiger partial charge in [-0.15, -0.1) is 11.3 Å². The first-order valence-corrected chi connectivity index (χ1v) is 9.44. The van der Waals surface area contributed by atoms with E-state index in [9.17, 15) is 5.11 Å². The summed E-state index contributed by atoms with van der Waals surface area (Å²) < 4.78 is 1.25. The highest BCUT2D eigenvalue weighted by molar-refractivity contribution is 7.19. The van der Waals surface area contributed by atoms with Crippen LogP contribution in [-0.2, 0) is 5.60 Å². The Balaban J connectivity index is 1.79. The fourth-order valence-electron chi connectivity index (χ4n) is 4.14. The molecule has 1 N–H and O–H groups in total. The van der Waals surface area contributed by atoms with Crippen LogP contribution in [0.25, 0.3) is 10.1 Å². The number of hydrogen-bond acceptors (Lipinski definition) is 2. The number of fused-ring (bicyclic) bond motifs is 3. The summed E-state index contributed by atoms with van der Waals surface area (Å²) in [4.78, 5) is 1.11. The van der Waals surface area contributed by atoms with E-state index in [4.69, 9.17) is 0 Å². The van der Waals surface area contributed by atoms with Crippen LogP contribution in [0.3, 0.4) is 0 Å². The molecule has 0 aliphatic heterocycles. The Morgan fingerprint density at radius 2 is 1.44 bits per heavy atom. The van der Waals surface area contributed by atoms with Crippen LogP contribution in [0.15, 0.2) is 84.9 Å². The van der Waals surface area contributed by atoms with Crippen molar-refractivity contribution in [3.8, 4) is 0 Å². The zero-order valence-electron chi connectivity index (χ0n) is 13.7. The molecular formula is C23H18OS. The van der Waals surface area contributed by atoms with Crippen molar-refractivity contribution in [3.63, 3.8) is 0 Å². The lowest BCUT2D eigenvalue weighted by Gasteiger charge is -2.24. The quantitative estimate of drug-likeness (QED) is 0.497. The smallest absolute Gasteiger partial charge is 0.125 e. The van der Waals surface area contributed by atoms with Crippen LogP contribution >= 0.6 is 11.3 Å². The van der Waals surface area contributed by atoms with E-state index in [1.165, 1.54) is 21.2 Å². The topological polar surface area (TPSA) is 20.2 Å². The van der Waals surface area contributed by atoms with Crippen LogP contribution in [-0.4, -0.2) is 5.11 Å². The molecule has 1 heterocycles. The summed E-state index contributed by atoms with van der Waals surface area (Å²) in [5, 5.41) is 13.0. The first-order valence-electron chi connectivity index (χ1n) is 8.62. The zero-order chi connectivity index (χ0) is 16.9. The van der Waals surface area contributed by atoms with Crippen LogP contribution in [0, 0.1) is 0 Å². The molecule has 3 aromatic carbocycles. The van der Waals surface area contributed by atoms with Gasteiger partial charge in [0.15, 0.2) is 0 Å². The Labute approximate surface area is 151 Å². The lowest BCUT2D eigenvalue weighted by molar-refractivity contribution is 0.0830. The maximum atomic E-state index is 11.8. The maximum Gasteiger partial charge on any atom is 0.125 e. The van der Waals surface area contributed by atoms with Crippen molar-refractivity contribution in [1.82, 2.24) is 0 Å². The number of benzene rings is 3. The minimum atomic E-state index is -0.916. The Hall–Kier alpha value is -2.42. The standard InChI is InChI=1S/C23H18OS/c24-23(17-11-5-2-6-12-17)15-19(16-9-3-1-4-10-16)21-18-13-7-8-14-20(18)25-22(21)23/h1-14,19,24H,15H2. The molecule has 0 bridgehead atoms. The summed E-state index contributed by atoms with van der Waals surface area (Å²) in [7, 11) is 0. The molecule has 25 heavy (non-hydrogen) atoms. The van der Waals surface area contributed by atoms with Crippen LogP contribution < -0.4 is 0 Å². The lowest BCUT2D eigenvalue weighted by Crippen LogP contribution is -2.23. The van der Waals surface area contributed by atoms with Crippen molar-refractivity contribution in [2.45, 2.75) is 17.9 Å². The van der Waals surface area contributed by atoms with Crippen molar-refractivity contribution >= 4 is 21.4 Å². The Bertz CT molecular complexity index is 1040. The van der Waals surface area contributed by atoms with Gasteiger partial charge in [-0.05, 0) is 34.6 Å². The fourth-order valence-corrected chi connectivity index (χ4v) is 5.53. The molecule has 1 nitrogen and oxygen atoms in total. The second kappa shape index (κ2) is 5.55. The van der Waals surface area contributed by atoms with Gasteiger partial charge in [0.1, 0.15) is 5.60 Å². The molecule has 2 unspecified atom stereocenters. The Morgan fingerprint density at radius 3 is 2.20 bits per heavy atom. The normalized spacial score (nSPS) is 22.2. The van der Waals surface area contributed by atoms with Gasteiger partial charge < -0.3 is 5.11 Å². The average Bonchev–Trinajstić information content (AvgIpc) is 3.20. The maximum absolute atomic E-state index is 11.8. The van der Waals surface area contributed by atoms with Gasteiger partial charge in [-0.2, -0.15) is 0 Å². The summed E-state index contributed by atoms with van der Waals surface area (Å²) >= 11 is 1.74. The molecule has 0 amide bonds. The van der Waals surface area contributed by atoms with Crippen molar-refractivity contribution in [1.29, 1.82) is 0 Å². The van der Waals surface area contributed by atoms with E-state index in [1.54, 1.807) is 11.3 Å². The number of rotatable bonds is 2. The summed E-state index contributed by atoms with van der Waals surface area (Å²) in [6, 6.07) is 29.2. The third-order valence-electron chi connectivity index (χ3n) is 5.31. The van der Waals surface area contributed by atoms with Crippen molar-refractivity contribution in [3.05, 3.63) is 106 Å². The highest BCUT2D eigenvalue weighted by atomic mass is 32.1. The molecule has 5 rings (SSSR count). The minimum Gasteiger partial charge on any atom is -0.380 e. The van der Waals surface area contributed by atoms with Gasteiger partial charge in [0.2, 0.25) is 0 Å². The van der Waals surface area contributed by atoms with Gasteiger partial charge in [-0.1, -0.05) is 78.9 Å². The Morgan fingerprint density at radius 1 is 0.800 bits per heavy atom. The van der Waals surface area contributed by atoms with Crippen LogP contribution in [0.2, 0.25) is 0 Å². The summed E-state index contributed by atoms with van der Waals surface area (Å²) in [6.45, 7) is 0. The molecular weight excluding hydrogens is 324 g/mol. The predicted molar refractivity (Wildman–Crippen MR) is 104 cm³/mol. The van der Waals surface area contributed by atoms with E-state index in [-0.39, 0.29) is 5.92 Å². The molecule has 0 saturated heterocycles. The second-order valence-corrected chi connectivity index (χ2v) is 7.79.